The molecule has 0 spiro atoms. The fraction of sp³-hybridized carbons (Fsp3) is 0.571. The minimum absolute atomic E-state index is 0.0276. The Morgan fingerprint density at radius 1 is 1.50 bits per heavy atom. The van der Waals surface area contributed by atoms with Crippen molar-refractivity contribution in [1.29, 1.82) is 0 Å². The van der Waals surface area contributed by atoms with Crippen LogP contribution in [0.1, 0.15) is 19.8 Å². The van der Waals surface area contributed by atoms with Gasteiger partial charge in [-0.15, -0.1) is 0 Å². The molecule has 0 aromatic heterocycles. The van der Waals surface area contributed by atoms with E-state index in [0.29, 0.717) is 27.4 Å². The standard InChI is InChI=1S/C14H20NO2Se/c1-10(15(2)3)12-5-4-6-13(12)18-9-11-7-8-14(16)17-11/h4-6,10-11H,7-9H2,1-3H3/t10-,11-/m1/s1. The summed E-state index contributed by atoms with van der Waals surface area (Å²) in [6.07, 6.45) is 8.22. The topological polar surface area (TPSA) is 29.5 Å². The molecular formula is C14H20NO2Se. The summed E-state index contributed by atoms with van der Waals surface area (Å²) in [5.74, 6) is 1.39. The van der Waals surface area contributed by atoms with Crippen molar-refractivity contribution >= 4 is 20.9 Å². The number of hydrogen-bond acceptors (Lipinski definition) is 3. The molecule has 2 rings (SSSR count). The van der Waals surface area contributed by atoms with E-state index in [9.17, 15) is 4.79 Å². The zero-order chi connectivity index (χ0) is 13.1. The molecule has 0 aromatic carbocycles. The van der Waals surface area contributed by atoms with Gasteiger partial charge >= 0.3 is 117 Å². The molecule has 1 aliphatic heterocycles. The Morgan fingerprint density at radius 3 is 2.89 bits per heavy atom. The van der Waals surface area contributed by atoms with Crippen molar-refractivity contribution in [2.45, 2.75) is 37.2 Å². The number of esters is 1. The summed E-state index contributed by atoms with van der Waals surface area (Å²) < 4.78 is 5.27. The molecule has 1 heterocycles. The molecule has 99 valence electrons. The number of carbonyl (C=O) groups is 1. The summed E-state index contributed by atoms with van der Waals surface area (Å²) in [5.41, 5.74) is 0. The van der Waals surface area contributed by atoms with E-state index in [0.717, 1.165) is 11.7 Å². The minimum atomic E-state index is -0.0276. The maximum absolute atomic E-state index is 11.1. The van der Waals surface area contributed by atoms with Crippen LogP contribution >= 0.6 is 0 Å². The van der Waals surface area contributed by atoms with Gasteiger partial charge in [-0.3, -0.25) is 0 Å². The van der Waals surface area contributed by atoms with E-state index in [1.54, 1.807) is 0 Å². The predicted molar refractivity (Wildman–Crippen MR) is 72.2 cm³/mol. The second kappa shape index (κ2) is 6.40. The van der Waals surface area contributed by atoms with Crippen molar-refractivity contribution in [3.8, 4) is 0 Å². The Kier molecular flexibility index (Phi) is 5.11. The van der Waals surface area contributed by atoms with Gasteiger partial charge in [-0.2, -0.15) is 0 Å². The van der Waals surface area contributed by atoms with Gasteiger partial charge in [-0.1, -0.05) is 0 Å². The van der Waals surface area contributed by atoms with E-state index in [-0.39, 0.29) is 12.1 Å². The molecule has 4 heteroatoms. The second-order valence-corrected chi connectivity index (χ2v) is 7.17. The van der Waals surface area contributed by atoms with E-state index in [1.165, 1.54) is 10.7 Å². The third-order valence-corrected chi connectivity index (χ3v) is 5.99. The predicted octanol–water partition coefficient (Wildman–Crippen LogP) is 1.50. The van der Waals surface area contributed by atoms with Crippen molar-refractivity contribution in [3.63, 3.8) is 0 Å². The van der Waals surface area contributed by atoms with E-state index in [4.69, 9.17) is 4.74 Å². The molecule has 0 aromatic rings. The summed E-state index contributed by atoms with van der Waals surface area (Å²) in [7, 11) is 4.21. The van der Waals surface area contributed by atoms with Crippen molar-refractivity contribution in [2.24, 2.45) is 0 Å². The number of rotatable bonds is 5. The van der Waals surface area contributed by atoms with Crippen LogP contribution in [0.2, 0.25) is 5.32 Å². The molecule has 2 atom stereocenters. The average molecular weight is 313 g/mol. The van der Waals surface area contributed by atoms with Gasteiger partial charge in [0.1, 0.15) is 0 Å². The molecule has 0 N–H and O–H groups in total. The molecule has 0 bridgehead atoms. The molecule has 1 saturated heterocycles. The van der Waals surface area contributed by atoms with Gasteiger partial charge in [0.25, 0.3) is 0 Å². The molecule has 3 nitrogen and oxygen atoms in total. The zero-order valence-corrected chi connectivity index (χ0v) is 12.9. The van der Waals surface area contributed by atoms with Crippen molar-refractivity contribution < 1.29 is 9.53 Å². The van der Waals surface area contributed by atoms with Crippen LogP contribution in [0.15, 0.2) is 0 Å². The first-order valence-electron chi connectivity index (χ1n) is 6.32. The number of carbonyl (C=O) groups excluding carboxylic acids is 1. The summed E-state index contributed by atoms with van der Waals surface area (Å²) >= 11 is 0.401. The third-order valence-electron chi connectivity index (χ3n) is 3.43. The van der Waals surface area contributed by atoms with Gasteiger partial charge in [0, 0.05) is 0 Å². The number of hydrogen-bond donors (Lipinski definition) is 0. The van der Waals surface area contributed by atoms with Gasteiger partial charge in [0.2, 0.25) is 0 Å². The van der Waals surface area contributed by atoms with Gasteiger partial charge in [-0.05, 0) is 0 Å². The van der Waals surface area contributed by atoms with Crippen molar-refractivity contribution in [2.75, 3.05) is 14.1 Å². The van der Waals surface area contributed by atoms with Gasteiger partial charge < -0.3 is 0 Å². The van der Waals surface area contributed by atoms with Crippen LogP contribution < -0.4 is 0 Å². The molecule has 18 heavy (non-hydrogen) atoms. The van der Waals surface area contributed by atoms with E-state index in [1.807, 2.05) is 0 Å². The summed E-state index contributed by atoms with van der Waals surface area (Å²) in [6, 6.07) is 0.447. The van der Waals surface area contributed by atoms with Crippen molar-refractivity contribution in [3.05, 3.63) is 30.0 Å². The fourth-order valence-electron chi connectivity index (χ4n) is 2.05. The first-order chi connectivity index (χ1) is 8.58. The summed E-state index contributed by atoms with van der Waals surface area (Å²) in [6.45, 7) is 2.23. The second-order valence-electron chi connectivity index (χ2n) is 4.95. The van der Waals surface area contributed by atoms with Crippen LogP contribution in [0.5, 0.6) is 0 Å². The van der Waals surface area contributed by atoms with Crippen LogP contribution in [0.25, 0.3) is 0 Å². The van der Waals surface area contributed by atoms with E-state index in [2.05, 4.69) is 45.2 Å². The van der Waals surface area contributed by atoms with Crippen LogP contribution in [-0.4, -0.2) is 52.1 Å². The SMILES string of the molecule is C[C@H]([C]1[CH][CH][CH][C]1[Se]C[C@H]1CCC(=O)O1)N(C)C. The normalized spacial score (nSPS) is 28.0. The summed E-state index contributed by atoms with van der Waals surface area (Å²) in [4.78, 5) is 14.7. The Labute approximate surface area is 117 Å². The Bertz CT molecular complexity index is 296. The van der Waals surface area contributed by atoms with Crippen LogP contribution in [0, 0.1) is 30.0 Å². The first-order valence-corrected chi connectivity index (χ1v) is 8.39. The summed E-state index contributed by atoms with van der Waals surface area (Å²) in [5, 5.41) is 1.01. The molecule has 0 amide bonds. The number of ether oxygens (including phenoxy) is 1. The zero-order valence-electron chi connectivity index (χ0n) is 11.2. The molecule has 5 radical (unpaired) electrons. The fourth-order valence-corrected chi connectivity index (χ4v) is 4.53. The van der Waals surface area contributed by atoms with Crippen LogP contribution in [-0.2, 0) is 9.53 Å². The molecule has 2 fully saturated rings. The van der Waals surface area contributed by atoms with Crippen LogP contribution in [0.3, 0.4) is 0 Å². The quantitative estimate of drug-likeness (QED) is 0.569. The Morgan fingerprint density at radius 2 is 2.28 bits per heavy atom. The molecule has 1 saturated carbocycles. The van der Waals surface area contributed by atoms with Gasteiger partial charge in [-0.25, -0.2) is 0 Å². The molecule has 1 aliphatic carbocycles. The molecule has 0 unspecified atom stereocenters. The van der Waals surface area contributed by atoms with Crippen molar-refractivity contribution in [1.82, 2.24) is 4.90 Å². The van der Waals surface area contributed by atoms with E-state index < -0.39 is 0 Å². The maximum atomic E-state index is 11.1. The Balaban J connectivity index is 1.79. The number of nitrogens with zero attached hydrogens (tertiary/aromatic N) is 1. The molecule has 2 aliphatic rings. The van der Waals surface area contributed by atoms with Gasteiger partial charge in [0.05, 0.1) is 0 Å². The monoisotopic (exact) mass is 314 g/mol. The average Bonchev–Trinajstić information content (AvgIpc) is 2.93. The van der Waals surface area contributed by atoms with E-state index >= 15 is 0 Å². The van der Waals surface area contributed by atoms with Crippen LogP contribution in [0.4, 0.5) is 0 Å². The third kappa shape index (κ3) is 3.49. The number of cyclic esters (lactones) is 1. The Hall–Kier alpha value is -0.0505. The first kappa shape index (κ1) is 14.4. The molecular weight excluding hydrogens is 293 g/mol. The van der Waals surface area contributed by atoms with Gasteiger partial charge in [0.15, 0.2) is 0 Å².